The van der Waals surface area contributed by atoms with Gasteiger partial charge >= 0.3 is 5.97 Å². The lowest BCUT2D eigenvalue weighted by Crippen LogP contribution is -2.35. The van der Waals surface area contributed by atoms with Crippen molar-refractivity contribution in [3.8, 4) is 0 Å². The maximum absolute atomic E-state index is 10.6. The third kappa shape index (κ3) is 2.58. The second kappa shape index (κ2) is 4.78. The molecule has 0 aromatic heterocycles. The van der Waals surface area contributed by atoms with Gasteiger partial charge in [0, 0.05) is 13.3 Å². The van der Waals surface area contributed by atoms with E-state index in [1.165, 1.54) is 6.92 Å². The number of carbonyl (C=O) groups excluding carboxylic acids is 1. The summed E-state index contributed by atoms with van der Waals surface area (Å²) in [5.41, 5.74) is 0. The van der Waals surface area contributed by atoms with Gasteiger partial charge in [0.05, 0.1) is 0 Å². The molecule has 0 amide bonds. The van der Waals surface area contributed by atoms with E-state index in [-0.39, 0.29) is 12.1 Å². The Kier molecular flexibility index (Phi) is 3.67. The summed E-state index contributed by atoms with van der Waals surface area (Å²) in [5, 5.41) is 5.65. The SMILES string of the molecule is CC(=O)OC1CCC(N=O)C(N=O)C1. The maximum Gasteiger partial charge on any atom is 0.302 e. The Bertz CT molecular complexity index is 243. The molecular weight excluding hydrogens is 188 g/mol. The summed E-state index contributed by atoms with van der Waals surface area (Å²) in [7, 11) is 0. The van der Waals surface area contributed by atoms with Gasteiger partial charge in [-0.15, -0.1) is 0 Å². The van der Waals surface area contributed by atoms with Gasteiger partial charge in [0.25, 0.3) is 0 Å². The van der Waals surface area contributed by atoms with E-state index in [0.717, 1.165) is 0 Å². The van der Waals surface area contributed by atoms with Crippen molar-refractivity contribution in [2.75, 3.05) is 0 Å². The lowest BCUT2D eigenvalue weighted by molar-refractivity contribution is -0.148. The molecule has 3 unspecified atom stereocenters. The van der Waals surface area contributed by atoms with E-state index in [1.807, 2.05) is 0 Å². The second-order valence-electron chi connectivity index (χ2n) is 3.39. The molecule has 1 fully saturated rings. The van der Waals surface area contributed by atoms with Crippen LogP contribution < -0.4 is 0 Å². The minimum absolute atomic E-state index is 0.298. The van der Waals surface area contributed by atoms with Gasteiger partial charge in [-0.05, 0) is 12.8 Å². The molecule has 1 aliphatic rings. The summed E-state index contributed by atoms with van der Waals surface area (Å²) >= 11 is 0. The molecular formula is C8H12N2O4. The number of nitroso groups, excluding NO2 is 2. The van der Waals surface area contributed by atoms with Crippen LogP contribution in [0.2, 0.25) is 0 Å². The minimum Gasteiger partial charge on any atom is -0.462 e. The fourth-order valence-corrected chi connectivity index (χ4v) is 1.67. The maximum atomic E-state index is 10.6. The molecule has 0 aromatic rings. The summed E-state index contributed by atoms with van der Waals surface area (Å²) in [6.07, 6.45) is 1.03. The van der Waals surface area contributed by atoms with Gasteiger partial charge in [-0.1, -0.05) is 10.4 Å². The van der Waals surface area contributed by atoms with E-state index in [4.69, 9.17) is 4.74 Å². The molecule has 1 aliphatic carbocycles. The van der Waals surface area contributed by atoms with E-state index < -0.39 is 12.1 Å². The van der Waals surface area contributed by atoms with Crippen molar-refractivity contribution < 1.29 is 9.53 Å². The summed E-state index contributed by atoms with van der Waals surface area (Å²) in [6, 6.07) is -1.20. The van der Waals surface area contributed by atoms with Gasteiger partial charge in [-0.25, -0.2) is 0 Å². The normalized spacial score (nSPS) is 31.9. The molecule has 6 nitrogen and oxygen atoms in total. The fraction of sp³-hybridized carbons (Fsp3) is 0.875. The first-order valence-electron chi connectivity index (χ1n) is 4.49. The van der Waals surface area contributed by atoms with Gasteiger partial charge in [-0.3, -0.25) is 4.79 Å². The molecule has 0 bridgehead atoms. The summed E-state index contributed by atoms with van der Waals surface area (Å²) in [4.78, 5) is 31.3. The van der Waals surface area contributed by atoms with E-state index in [2.05, 4.69) is 10.4 Å². The predicted molar refractivity (Wildman–Crippen MR) is 48.6 cm³/mol. The molecule has 0 aromatic carbocycles. The Labute approximate surface area is 81.0 Å². The monoisotopic (exact) mass is 200 g/mol. The highest BCUT2D eigenvalue weighted by molar-refractivity contribution is 5.66. The molecule has 0 N–H and O–H groups in total. The third-order valence-electron chi connectivity index (χ3n) is 2.34. The fourth-order valence-electron chi connectivity index (χ4n) is 1.67. The van der Waals surface area contributed by atoms with Crippen LogP contribution in [0.3, 0.4) is 0 Å². The van der Waals surface area contributed by atoms with Gasteiger partial charge in [0.1, 0.15) is 18.2 Å². The van der Waals surface area contributed by atoms with E-state index in [9.17, 15) is 14.6 Å². The van der Waals surface area contributed by atoms with Crippen molar-refractivity contribution in [2.24, 2.45) is 10.4 Å². The van der Waals surface area contributed by atoms with Crippen molar-refractivity contribution in [1.82, 2.24) is 0 Å². The molecule has 3 atom stereocenters. The highest BCUT2D eigenvalue weighted by Crippen LogP contribution is 2.26. The Morgan fingerprint density at radius 2 is 1.86 bits per heavy atom. The largest absolute Gasteiger partial charge is 0.462 e. The first-order valence-corrected chi connectivity index (χ1v) is 4.49. The number of nitrogens with zero attached hydrogens (tertiary/aromatic N) is 2. The smallest absolute Gasteiger partial charge is 0.302 e. The lowest BCUT2D eigenvalue weighted by atomic mass is 9.89. The molecule has 78 valence electrons. The first-order chi connectivity index (χ1) is 6.67. The summed E-state index contributed by atoms with van der Waals surface area (Å²) in [6.45, 7) is 1.31. The zero-order chi connectivity index (χ0) is 10.6. The molecule has 6 heteroatoms. The summed E-state index contributed by atoms with van der Waals surface area (Å²) in [5.74, 6) is -0.378. The van der Waals surface area contributed by atoms with Crippen molar-refractivity contribution in [3.63, 3.8) is 0 Å². The van der Waals surface area contributed by atoms with Crippen LogP contribution in [-0.2, 0) is 9.53 Å². The van der Waals surface area contributed by atoms with Gasteiger partial charge in [0.15, 0.2) is 0 Å². The van der Waals surface area contributed by atoms with E-state index >= 15 is 0 Å². The Morgan fingerprint density at radius 3 is 2.36 bits per heavy atom. The van der Waals surface area contributed by atoms with Crippen molar-refractivity contribution in [3.05, 3.63) is 9.81 Å². The number of hydrogen-bond donors (Lipinski definition) is 0. The van der Waals surface area contributed by atoms with E-state index in [0.29, 0.717) is 19.3 Å². The standard InChI is InChI=1S/C8H12N2O4/c1-5(11)14-6-2-3-7(9-12)8(4-6)10-13/h6-8H,2-4H2,1H3. The number of ether oxygens (including phenoxy) is 1. The number of rotatable bonds is 3. The molecule has 1 rings (SSSR count). The van der Waals surface area contributed by atoms with Gasteiger partial charge in [-0.2, -0.15) is 9.81 Å². The van der Waals surface area contributed by atoms with Crippen LogP contribution in [0.4, 0.5) is 0 Å². The Hall–Kier alpha value is -1.33. The molecule has 14 heavy (non-hydrogen) atoms. The molecule has 0 spiro atoms. The topological polar surface area (TPSA) is 85.2 Å². The Morgan fingerprint density at radius 1 is 1.21 bits per heavy atom. The van der Waals surface area contributed by atoms with Crippen LogP contribution in [0, 0.1) is 9.81 Å². The van der Waals surface area contributed by atoms with Gasteiger partial charge < -0.3 is 4.74 Å². The van der Waals surface area contributed by atoms with Crippen molar-refractivity contribution in [1.29, 1.82) is 0 Å². The van der Waals surface area contributed by atoms with Crippen LogP contribution in [0.5, 0.6) is 0 Å². The predicted octanol–water partition coefficient (Wildman–Crippen LogP) is 1.37. The minimum atomic E-state index is -0.648. The highest BCUT2D eigenvalue weighted by Gasteiger charge is 2.33. The van der Waals surface area contributed by atoms with Crippen LogP contribution in [-0.4, -0.2) is 24.2 Å². The van der Waals surface area contributed by atoms with Gasteiger partial charge in [0.2, 0.25) is 0 Å². The molecule has 0 aliphatic heterocycles. The van der Waals surface area contributed by atoms with Crippen molar-refractivity contribution >= 4 is 5.97 Å². The second-order valence-corrected chi connectivity index (χ2v) is 3.39. The van der Waals surface area contributed by atoms with Crippen molar-refractivity contribution in [2.45, 2.75) is 44.4 Å². The molecule has 0 heterocycles. The average Bonchev–Trinajstić information content (AvgIpc) is 2.16. The van der Waals surface area contributed by atoms with E-state index in [1.54, 1.807) is 0 Å². The first kappa shape index (κ1) is 10.7. The highest BCUT2D eigenvalue weighted by atomic mass is 16.5. The Balaban J connectivity index is 2.51. The molecule has 1 saturated carbocycles. The number of hydrogen-bond acceptors (Lipinski definition) is 6. The lowest BCUT2D eigenvalue weighted by Gasteiger charge is -2.27. The number of carbonyl (C=O) groups is 1. The number of esters is 1. The molecule has 0 radical (unpaired) electrons. The van der Waals surface area contributed by atoms with Crippen LogP contribution >= 0.6 is 0 Å². The van der Waals surface area contributed by atoms with Crippen LogP contribution in [0.15, 0.2) is 10.4 Å². The van der Waals surface area contributed by atoms with Crippen LogP contribution in [0.25, 0.3) is 0 Å². The zero-order valence-electron chi connectivity index (χ0n) is 7.88. The molecule has 0 saturated heterocycles. The third-order valence-corrected chi connectivity index (χ3v) is 2.34. The zero-order valence-corrected chi connectivity index (χ0v) is 7.88. The van der Waals surface area contributed by atoms with Crippen LogP contribution in [0.1, 0.15) is 26.2 Å². The summed E-state index contributed by atoms with van der Waals surface area (Å²) < 4.78 is 4.93. The average molecular weight is 200 g/mol. The quantitative estimate of drug-likeness (QED) is 0.508.